The number of carbonyl (C=O) groups excluding carboxylic acids is 2. The number of Topliss-reactive ketones (excluding diaryl/α,β-unsaturated/α-hetero) is 2. The number of allylic oxidation sites excluding steroid dienone is 1. The number of thiophene rings is 1. The van der Waals surface area contributed by atoms with Crippen molar-refractivity contribution in [1.29, 1.82) is 0 Å². The average Bonchev–Trinajstić information content (AvgIpc) is 3.50. The van der Waals surface area contributed by atoms with Gasteiger partial charge in [-0.1, -0.05) is 60.7 Å². The summed E-state index contributed by atoms with van der Waals surface area (Å²) in [7, 11) is 0. The summed E-state index contributed by atoms with van der Waals surface area (Å²) in [6.45, 7) is 0. The zero-order valence-corrected chi connectivity index (χ0v) is 21.1. The molecule has 0 spiro atoms. The molecule has 3 nitrogen and oxygen atoms in total. The standard InChI is InChI=1S/C34H21NO2S/c36-33-29-19-24-17-22-9-7-8-10-23(22)18-25(24)20-30(29)34(37)31(33)21-28-15-16-32(38-28)35(26-11-3-1-4-12-26)27-13-5-2-6-14-27/h1-21H. The fraction of sp³-hybridized carbons (Fsp3) is 0. The van der Waals surface area contributed by atoms with Gasteiger partial charge in [0, 0.05) is 27.4 Å². The molecule has 5 aromatic carbocycles. The third-order valence-corrected chi connectivity index (χ3v) is 7.99. The van der Waals surface area contributed by atoms with Gasteiger partial charge < -0.3 is 4.90 Å². The van der Waals surface area contributed by atoms with Crippen molar-refractivity contribution in [3.05, 3.63) is 143 Å². The number of para-hydroxylation sites is 2. The number of hydrogen-bond acceptors (Lipinski definition) is 4. The zero-order valence-electron chi connectivity index (χ0n) is 20.3. The second-order valence-corrected chi connectivity index (χ2v) is 10.4. The second-order valence-electron chi connectivity index (χ2n) is 9.34. The smallest absolute Gasteiger partial charge is 0.197 e. The molecule has 0 N–H and O–H groups in total. The molecule has 0 saturated carbocycles. The maximum Gasteiger partial charge on any atom is 0.197 e. The molecule has 0 aliphatic heterocycles. The Bertz CT molecular complexity index is 1790. The Morgan fingerprint density at radius 2 is 1.03 bits per heavy atom. The van der Waals surface area contributed by atoms with E-state index in [1.165, 1.54) is 0 Å². The lowest BCUT2D eigenvalue weighted by Crippen LogP contribution is -2.07. The predicted octanol–water partition coefficient (Wildman–Crippen LogP) is 8.99. The minimum absolute atomic E-state index is 0.210. The summed E-state index contributed by atoms with van der Waals surface area (Å²) in [6.07, 6.45) is 1.74. The first kappa shape index (κ1) is 22.4. The van der Waals surface area contributed by atoms with Crippen LogP contribution in [-0.4, -0.2) is 11.6 Å². The highest BCUT2D eigenvalue weighted by Gasteiger charge is 2.33. The molecule has 0 fully saturated rings. The molecule has 0 amide bonds. The highest BCUT2D eigenvalue weighted by molar-refractivity contribution is 7.17. The Morgan fingerprint density at radius 1 is 0.526 bits per heavy atom. The molecule has 4 heteroatoms. The molecule has 1 aromatic heterocycles. The fourth-order valence-corrected chi connectivity index (χ4v) is 6.12. The van der Waals surface area contributed by atoms with Crippen molar-refractivity contribution >= 4 is 66.9 Å². The summed E-state index contributed by atoms with van der Waals surface area (Å²) in [4.78, 5) is 29.9. The number of fused-ring (bicyclic) bond motifs is 3. The van der Waals surface area contributed by atoms with Crippen LogP contribution in [0, 0.1) is 0 Å². The Labute approximate surface area is 223 Å². The van der Waals surface area contributed by atoms with Crippen LogP contribution in [0.4, 0.5) is 16.4 Å². The summed E-state index contributed by atoms with van der Waals surface area (Å²) in [5.41, 5.74) is 3.27. The van der Waals surface area contributed by atoms with E-state index < -0.39 is 0 Å². The summed E-state index contributed by atoms with van der Waals surface area (Å²) in [5.74, 6) is -0.420. The molecule has 1 aliphatic carbocycles. The lowest BCUT2D eigenvalue weighted by Gasteiger charge is -2.23. The Kier molecular flexibility index (Phi) is 5.27. The molecule has 1 heterocycles. The van der Waals surface area contributed by atoms with Gasteiger partial charge in [0.15, 0.2) is 11.6 Å². The van der Waals surface area contributed by atoms with Crippen molar-refractivity contribution in [1.82, 2.24) is 0 Å². The van der Waals surface area contributed by atoms with E-state index in [2.05, 4.69) is 53.4 Å². The predicted molar refractivity (Wildman–Crippen MR) is 157 cm³/mol. The minimum atomic E-state index is -0.210. The van der Waals surface area contributed by atoms with Crippen LogP contribution in [0.5, 0.6) is 0 Å². The summed E-state index contributed by atoms with van der Waals surface area (Å²) < 4.78 is 0. The normalized spacial score (nSPS) is 12.8. The van der Waals surface area contributed by atoms with E-state index in [0.29, 0.717) is 11.1 Å². The van der Waals surface area contributed by atoms with Crippen molar-refractivity contribution in [3.63, 3.8) is 0 Å². The largest absolute Gasteiger partial charge is 0.302 e. The third kappa shape index (κ3) is 3.74. The van der Waals surface area contributed by atoms with Gasteiger partial charge in [-0.05, 0) is 88.3 Å². The van der Waals surface area contributed by atoms with Crippen LogP contribution in [0.15, 0.2) is 127 Å². The van der Waals surface area contributed by atoms with E-state index in [0.717, 1.165) is 42.8 Å². The SMILES string of the molecule is O=C1C(=Cc2ccc(N(c3ccccc3)c3ccccc3)s2)C(=O)c2cc3cc4ccccc4cc3cc21. The molecule has 0 radical (unpaired) electrons. The summed E-state index contributed by atoms with van der Waals surface area (Å²) >= 11 is 1.55. The lowest BCUT2D eigenvalue weighted by molar-refractivity contribution is 0.0990. The third-order valence-electron chi connectivity index (χ3n) is 6.97. The topological polar surface area (TPSA) is 37.4 Å². The van der Waals surface area contributed by atoms with E-state index in [9.17, 15) is 9.59 Å². The van der Waals surface area contributed by atoms with Crippen LogP contribution < -0.4 is 4.90 Å². The maximum absolute atomic E-state index is 13.4. The number of ketones is 2. The summed E-state index contributed by atoms with van der Waals surface area (Å²) in [5, 5.41) is 5.15. The van der Waals surface area contributed by atoms with Gasteiger partial charge in [-0.15, -0.1) is 11.3 Å². The van der Waals surface area contributed by atoms with Crippen molar-refractivity contribution < 1.29 is 9.59 Å². The molecular weight excluding hydrogens is 486 g/mol. The molecule has 6 aromatic rings. The number of carbonyl (C=O) groups is 2. The maximum atomic E-state index is 13.4. The number of anilines is 3. The van der Waals surface area contributed by atoms with Gasteiger partial charge in [0.25, 0.3) is 0 Å². The van der Waals surface area contributed by atoms with Crippen molar-refractivity contribution in [2.24, 2.45) is 0 Å². The summed E-state index contributed by atoms with van der Waals surface area (Å²) in [6, 6.07) is 40.4. The van der Waals surface area contributed by atoms with E-state index >= 15 is 0 Å². The molecule has 0 saturated heterocycles. The molecule has 0 unspecified atom stereocenters. The quantitative estimate of drug-likeness (QED) is 0.136. The highest BCUT2D eigenvalue weighted by Crippen LogP contribution is 2.40. The highest BCUT2D eigenvalue weighted by atomic mass is 32.1. The van der Waals surface area contributed by atoms with Crippen LogP contribution in [0.2, 0.25) is 0 Å². The Balaban J connectivity index is 1.28. The van der Waals surface area contributed by atoms with Gasteiger partial charge in [0.1, 0.15) is 5.00 Å². The van der Waals surface area contributed by atoms with E-state index in [1.807, 2.05) is 72.8 Å². The molecule has 1 aliphatic rings. The van der Waals surface area contributed by atoms with Crippen molar-refractivity contribution in [3.8, 4) is 0 Å². The Hall–Kier alpha value is -4.80. The molecular formula is C34H21NO2S. The fourth-order valence-electron chi connectivity index (χ4n) is 5.13. The van der Waals surface area contributed by atoms with Crippen LogP contribution in [-0.2, 0) is 0 Å². The molecule has 0 atom stereocenters. The molecule has 180 valence electrons. The molecule has 38 heavy (non-hydrogen) atoms. The van der Waals surface area contributed by atoms with E-state index in [1.54, 1.807) is 17.4 Å². The molecule has 0 bridgehead atoms. The zero-order chi connectivity index (χ0) is 25.6. The molecule has 7 rings (SSSR count). The van der Waals surface area contributed by atoms with Gasteiger partial charge in [-0.25, -0.2) is 0 Å². The van der Waals surface area contributed by atoms with Gasteiger partial charge >= 0.3 is 0 Å². The van der Waals surface area contributed by atoms with Gasteiger partial charge in [0.2, 0.25) is 0 Å². The number of hydrogen-bond donors (Lipinski definition) is 0. The van der Waals surface area contributed by atoms with Crippen molar-refractivity contribution in [2.75, 3.05) is 4.90 Å². The van der Waals surface area contributed by atoms with Crippen LogP contribution in [0.25, 0.3) is 27.6 Å². The monoisotopic (exact) mass is 507 g/mol. The number of rotatable bonds is 4. The van der Waals surface area contributed by atoms with Crippen LogP contribution in [0.1, 0.15) is 25.6 Å². The lowest BCUT2D eigenvalue weighted by atomic mass is 9.99. The minimum Gasteiger partial charge on any atom is -0.302 e. The average molecular weight is 508 g/mol. The van der Waals surface area contributed by atoms with Gasteiger partial charge in [-0.2, -0.15) is 0 Å². The van der Waals surface area contributed by atoms with Crippen LogP contribution >= 0.6 is 11.3 Å². The first-order valence-electron chi connectivity index (χ1n) is 12.4. The van der Waals surface area contributed by atoms with Gasteiger partial charge in [0.05, 0.1) is 5.57 Å². The van der Waals surface area contributed by atoms with Crippen LogP contribution in [0.3, 0.4) is 0 Å². The van der Waals surface area contributed by atoms with Crippen molar-refractivity contribution in [2.45, 2.75) is 0 Å². The van der Waals surface area contributed by atoms with E-state index in [4.69, 9.17) is 0 Å². The Morgan fingerprint density at radius 3 is 1.55 bits per heavy atom. The number of nitrogens with zero attached hydrogens (tertiary/aromatic N) is 1. The second kappa shape index (κ2) is 8.94. The first-order chi connectivity index (χ1) is 18.7. The van der Waals surface area contributed by atoms with Gasteiger partial charge in [-0.3, -0.25) is 9.59 Å². The first-order valence-corrected chi connectivity index (χ1v) is 13.2. The van der Waals surface area contributed by atoms with E-state index in [-0.39, 0.29) is 17.1 Å². The number of benzene rings is 5.